The summed E-state index contributed by atoms with van der Waals surface area (Å²) in [6, 6.07) is 17.1. The maximum atomic E-state index is 5.82. The van der Waals surface area contributed by atoms with Gasteiger partial charge in [-0.15, -0.1) is 0 Å². The SMILES string of the molecule is CCC1N(c2ccc(Br)cc2)C(=S)N2Cc3ccccc3CN12. The van der Waals surface area contributed by atoms with Gasteiger partial charge in [0, 0.05) is 16.7 Å². The topological polar surface area (TPSA) is 9.72 Å². The van der Waals surface area contributed by atoms with Crippen LogP contribution in [0.5, 0.6) is 0 Å². The van der Waals surface area contributed by atoms with Crippen molar-refractivity contribution in [3.8, 4) is 0 Å². The van der Waals surface area contributed by atoms with E-state index in [1.807, 2.05) is 0 Å². The molecule has 0 saturated carbocycles. The molecule has 0 aliphatic carbocycles. The molecule has 1 saturated heterocycles. The Kier molecular flexibility index (Phi) is 3.87. The van der Waals surface area contributed by atoms with E-state index in [0.29, 0.717) is 0 Å². The van der Waals surface area contributed by atoms with Crippen molar-refractivity contribution < 1.29 is 0 Å². The first-order valence-corrected chi connectivity index (χ1v) is 9.09. The summed E-state index contributed by atoms with van der Waals surface area (Å²) in [6.07, 6.45) is 1.30. The molecule has 1 unspecified atom stereocenters. The summed E-state index contributed by atoms with van der Waals surface area (Å²) >= 11 is 9.33. The highest BCUT2D eigenvalue weighted by Crippen LogP contribution is 2.36. The van der Waals surface area contributed by atoms with Gasteiger partial charge in [0.25, 0.3) is 0 Å². The van der Waals surface area contributed by atoms with Gasteiger partial charge in [-0.1, -0.05) is 47.1 Å². The maximum absolute atomic E-state index is 5.82. The molecule has 2 aromatic rings. The molecular weight excluding hydrogens is 370 g/mol. The number of thiocarbonyl (C=S) groups is 1. The van der Waals surface area contributed by atoms with Crippen LogP contribution >= 0.6 is 28.1 Å². The van der Waals surface area contributed by atoms with Gasteiger partial charge in [0.2, 0.25) is 0 Å². The minimum atomic E-state index is 0.275. The van der Waals surface area contributed by atoms with Crippen LogP contribution in [0.1, 0.15) is 24.5 Å². The molecule has 1 atom stereocenters. The zero-order chi connectivity index (χ0) is 16.0. The molecule has 5 heteroatoms. The average Bonchev–Trinajstić information content (AvgIpc) is 2.85. The van der Waals surface area contributed by atoms with Gasteiger partial charge in [-0.25, -0.2) is 0 Å². The van der Waals surface area contributed by atoms with E-state index in [0.717, 1.165) is 34.8 Å². The number of halogens is 1. The van der Waals surface area contributed by atoms with Gasteiger partial charge in [0.05, 0.1) is 6.54 Å². The van der Waals surface area contributed by atoms with Gasteiger partial charge in [-0.05, 0) is 54.0 Å². The van der Waals surface area contributed by atoms with Gasteiger partial charge in [0.15, 0.2) is 5.11 Å². The molecular formula is C18H18BrN3S. The molecule has 0 amide bonds. The molecule has 118 valence electrons. The molecule has 2 aliphatic rings. The lowest BCUT2D eigenvalue weighted by atomic mass is 10.1. The molecule has 2 aliphatic heterocycles. The van der Waals surface area contributed by atoms with Crippen LogP contribution in [-0.2, 0) is 13.1 Å². The van der Waals surface area contributed by atoms with Gasteiger partial charge in [0.1, 0.15) is 6.17 Å². The molecule has 0 bridgehead atoms. The van der Waals surface area contributed by atoms with Crippen LogP contribution in [0.25, 0.3) is 0 Å². The largest absolute Gasteiger partial charge is 0.300 e. The Morgan fingerprint density at radius 3 is 2.35 bits per heavy atom. The lowest BCUT2D eigenvalue weighted by Gasteiger charge is -2.36. The van der Waals surface area contributed by atoms with E-state index in [-0.39, 0.29) is 6.17 Å². The first-order chi connectivity index (χ1) is 11.2. The summed E-state index contributed by atoms with van der Waals surface area (Å²) in [4.78, 5) is 2.29. The predicted molar refractivity (Wildman–Crippen MR) is 101 cm³/mol. The van der Waals surface area contributed by atoms with E-state index in [4.69, 9.17) is 12.2 Å². The van der Waals surface area contributed by atoms with Crippen molar-refractivity contribution in [2.24, 2.45) is 0 Å². The third-order valence-electron chi connectivity index (χ3n) is 4.62. The summed E-state index contributed by atoms with van der Waals surface area (Å²) in [5.74, 6) is 0. The average molecular weight is 388 g/mol. The molecule has 0 N–H and O–H groups in total. The van der Waals surface area contributed by atoms with Gasteiger partial charge in [-0.3, -0.25) is 9.91 Å². The number of rotatable bonds is 2. The molecule has 2 aromatic carbocycles. The van der Waals surface area contributed by atoms with Crippen molar-refractivity contribution in [1.82, 2.24) is 10.0 Å². The van der Waals surface area contributed by atoms with Crippen LogP contribution in [0.2, 0.25) is 0 Å². The van der Waals surface area contributed by atoms with Crippen molar-refractivity contribution >= 4 is 38.9 Å². The van der Waals surface area contributed by atoms with Crippen LogP contribution in [0.4, 0.5) is 5.69 Å². The van der Waals surface area contributed by atoms with E-state index < -0.39 is 0 Å². The number of hydrogen-bond donors (Lipinski definition) is 0. The minimum Gasteiger partial charge on any atom is -0.300 e. The number of nitrogens with zero attached hydrogens (tertiary/aromatic N) is 3. The van der Waals surface area contributed by atoms with E-state index in [9.17, 15) is 0 Å². The minimum absolute atomic E-state index is 0.275. The summed E-state index contributed by atoms with van der Waals surface area (Å²) in [7, 11) is 0. The summed E-state index contributed by atoms with van der Waals surface area (Å²) in [5.41, 5.74) is 3.93. The fraction of sp³-hybridized carbons (Fsp3) is 0.278. The lowest BCUT2D eigenvalue weighted by molar-refractivity contribution is 0.00632. The second-order valence-electron chi connectivity index (χ2n) is 5.94. The monoisotopic (exact) mass is 387 g/mol. The van der Waals surface area contributed by atoms with Gasteiger partial charge < -0.3 is 0 Å². The highest BCUT2D eigenvalue weighted by Gasteiger charge is 2.43. The van der Waals surface area contributed by atoms with E-state index in [1.165, 1.54) is 11.1 Å². The van der Waals surface area contributed by atoms with E-state index >= 15 is 0 Å². The highest BCUT2D eigenvalue weighted by atomic mass is 79.9. The maximum Gasteiger partial charge on any atom is 0.192 e. The Balaban J connectivity index is 1.72. The summed E-state index contributed by atoms with van der Waals surface area (Å²) in [5, 5.41) is 5.56. The number of anilines is 1. The van der Waals surface area contributed by atoms with Gasteiger partial charge in [-0.2, -0.15) is 5.01 Å². The van der Waals surface area contributed by atoms with Crippen LogP contribution in [-0.4, -0.2) is 21.3 Å². The van der Waals surface area contributed by atoms with Gasteiger partial charge >= 0.3 is 0 Å². The first-order valence-electron chi connectivity index (χ1n) is 7.88. The lowest BCUT2D eigenvalue weighted by Crippen LogP contribution is -2.44. The Labute approximate surface area is 150 Å². The summed E-state index contributed by atoms with van der Waals surface area (Å²) < 4.78 is 1.09. The fourth-order valence-corrected chi connectivity index (χ4v) is 4.15. The molecule has 4 rings (SSSR count). The van der Waals surface area contributed by atoms with Crippen molar-refractivity contribution in [1.29, 1.82) is 0 Å². The molecule has 0 radical (unpaired) electrons. The van der Waals surface area contributed by atoms with Crippen molar-refractivity contribution in [2.45, 2.75) is 32.6 Å². The van der Waals surface area contributed by atoms with E-state index in [2.05, 4.69) is 86.3 Å². The molecule has 0 aromatic heterocycles. The van der Waals surface area contributed by atoms with Crippen LogP contribution in [0.3, 0.4) is 0 Å². The van der Waals surface area contributed by atoms with E-state index in [1.54, 1.807) is 0 Å². The standard InChI is InChI=1S/C18H18BrN3S/c1-2-17-20-11-13-5-3-4-6-14(13)12-21(20)18(23)22(17)16-9-7-15(19)8-10-16/h3-10,17H,2,11-12H2,1H3. The Morgan fingerprint density at radius 1 is 1.04 bits per heavy atom. The molecule has 2 heterocycles. The Hall–Kier alpha value is -1.43. The van der Waals surface area contributed by atoms with Crippen LogP contribution < -0.4 is 4.90 Å². The first kappa shape index (κ1) is 15.1. The number of benzene rings is 2. The predicted octanol–water partition coefficient (Wildman–Crippen LogP) is 4.52. The normalized spacial score (nSPS) is 20.6. The molecule has 0 spiro atoms. The third kappa shape index (κ3) is 2.47. The fourth-order valence-electron chi connectivity index (χ4n) is 3.48. The smallest absolute Gasteiger partial charge is 0.192 e. The second-order valence-corrected chi connectivity index (χ2v) is 7.22. The number of fused-ring (bicyclic) bond motifs is 2. The Bertz CT molecular complexity index is 746. The molecule has 1 fully saturated rings. The van der Waals surface area contributed by atoms with Crippen molar-refractivity contribution in [2.75, 3.05) is 4.90 Å². The quantitative estimate of drug-likeness (QED) is 0.700. The summed E-state index contributed by atoms with van der Waals surface area (Å²) in [6.45, 7) is 4.00. The van der Waals surface area contributed by atoms with Crippen molar-refractivity contribution in [3.63, 3.8) is 0 Å². The number of hydrogen-bond acceptors (Lipinski definition) is 2. The second kappa shape index (κ2) is 5.89. The zero-order valence-electron chi connectivity index (χ0n) is 12.9. The van der Waals surface area contributed by atoms with Crippen LogP contribution in [0, 0.1) is 0 Å². The van der Waals surface area contributed by atoms with Crippen molar-refractivity contribution in [3.05, 3.63) is 64.1 Å². The Morgan fingerprint density at radius 2 is 1.70 bits per heavy atom. The molecule has 23 heavy (non-hydrogen) atoms. The zero-order valence-corrected chi connectivity index (χ0v) is 15.3. The number of hydrazine groups is 1. The molecule has 3 nitrogen and oxygen atoms in total. The third-order valence-corrected chi connectivity index (χ3v) is 5.56. The van der Waals surface area contributed by atoms with Crippen LogP contribution in [0.15, 0.2) is 53.0 Å². The highest BCUT2D eigenvalue weighted by molar-refractivity contribution is 9.10.